The molecule has 0 bridgehead atoms. The van der Waals surface area contributed by atoms with Gasteiger partial charge in [-0.25, -0.2) is 4.68 Å². The molecule has 1 fully saturated rings. The highest BCUT2D eigenvalue weighted by Gasteiger charge is 2.10. The Morgan fingerprint density at radius 2 is 2.15 bits per heavy atom. The Morgan fingerprint density at radius 3 is 2.96 bits per heavy atom. The first-order valence-corrected chi connectivity index (χ1v) is 9.51. The quantitative estimate of drug-likeness (QED) is 0.304. The number of oxime groups is 1. The molecule has 1 saturated heterocycles. The molecule has 1 aromatic heterocycles. The highest BCUT2D eigenvalue weighted by molar-refractivity contribution is 5.74. The Kier molecular flexibility index (Phi) is 7.04. The first kappa shape index (κ1) is 19.2. The van der Waals surface area contributed by atoms with Crippen molar-refractivity contribution in [3.8, 4) is 5.75 Å². The molecular weight excluding hydrogens is 344 g/mol. The molecule has 0 atom stereocenters. The van der Waals surface area contributed by atoms with Gasteiger partial charge in [0, 0.05) is 20.1 Å². The van der Waals surface area contributed by atoms with Crippen LogP contribution in [-0.2, 0) is 13.6 Å². The number of piperidine rings is 1. The van der Waals surface area contributed by atoms with Crippen LogP contribution >= 0.6 is 0 Å². The second-order valence-electron chi connectivity index (χ2n) is 6.77. The Balaban J connectivity index is 1.39. The fourth-order valence-corrected chi connectivity index (χ4v) is 3.24. The van der Waals surface area contributed by atoms with Crippen LogP contribution in [-0.4, -0.2) is 57.3 Å². The molecule has 2 aromatic rings. The molecule has 27 heavy (non-hydrogen) atoms. The van der Waals surface area contributed by atoms with Crippen LogP contribution in [0.25, 0.3) is 0 Å². The minimum Gasteiger partial charge on any atom is -0.494 e. The number of likely N-dealkylation sites (tertiary alicyclic amines) is 1. The second kappa shape index (κ2) is 9.91. The lowest BCUT2D eigenvalue weighted by Gasteiger charge is -2.26. The number of rotatable bonds is 9. The number of hydrogen-bond acceptors (Lipinski definition) is 7. The summed E-state index contributed by atoms with van der Waals surface area (Å²) in [5.41, 5.74) is 1.31. The first-order chi connectivity index (χ1) is 13.2. The summed E-state index contributed by atoms with van der Waals surface area (Å²) in [6.45, 7) is 4.75. The number of hydrogen-bond donors (Lipinski definition) is 2. The van der Waals surface area contributed by atoms with Gasteiger partial charge in [0.2, 0.25) is 5.95 Å². The fraction of sp³-hybridized carbons (Fsp3) is 0.526. The number of nitrogens with zero attached hydrogens (tertiary/aromatic N) is 5. The summed E-state index contributed by atoms with van der Waals surface area (Å²) in [6, 6.07) is 8.39. The van der Waals surface area contributed by atoms with E-state index >= 15 is 0 Å². The van der Waals surface area contributed by atoms with Crippen LogP contribution in [0.1, 0.15) is 37.1 Å². The van der Waals surface area contributed by atoms with E-state index in [1.807, 2.05) is 6.07 Å². The maximum Gasteiger partial charge on any atom is 0.221 e. The monoisotopic (exact) mass is 372 g/mol. The number of nitrogens with one attached hydrogen (secondary N) is 1. The maximum atomic E-state index is 8.53. The van der Waals surface area contributed by atoms with Crippen molar-refractivity contribution in [2.24, 2.45) is 12.2 Å². The number of benzene rings is 1. The molecule has 1 aliphatic heterocycles. The SMILES string of the molecule is Cn1nc(C=NO)nc1NCCCOc1cccc(CN2CCCCC2)c1. The number of ether oxygens (including phenoxy) is 1. The Labute approximate surface area is 159 Å². The molecule has 2 heterocycles. The highest BCUT2D eigenvalue weighted by Crippen LogP contribution is 2.17. The lowest BCUT2D eigenvalue weighted by atomic mass is 10.1. The van der Waals surface area contributed by atoms with E-state index < -0.39 is 0 Å². The molecule has 8 heteroatoms. The summed E-state index contributed by atoms with van der Waals surface area (Å²) in [4.78, 5) is 6.73. The third-order valence-corrected chi connectivity index (χ3v) is 4.58. The summed E-state index contributed by atoms with van der Waals surface area (Å²) in [6.07, 6.45) is 6.02. The largest absolute Gasteiger partial charge is 0.494 e. The average Bonchev–Trinajstić information content (AvgIpc) is 3.02. The van der Waals surface area contributed by atoms with Crippen molar-refractivity contribution in [2.45, 2.75) is 32.2 Å². The molecule has 1 aliphatic rings. The standard InChI is InChI=1S/C19H28N6O2/c1-24-19(22-18(23-24)14-21-26)20-9-6-12-27-17-8-5-7-16(13-17)15-25-10-3-2-4-11-25/h5,7-8,13-14,26H,2-4,6,9-12,15H2,1H3,(H,20,22,23). The van der Waals surface area contributed by atoms with Crippen LogP contribution in [0.4, 0.5) is 5.95 Å². The fourth-order valence-electron chi connectivity index (χ4n) is 3.24. The van der Waals surface area contributed by atoms with Crippen LogP contribution in [0.3, 0.4) is 0 Å². The van der Waals surface area contributed by atoms with E-state index in [1.165, 1.54) is 44.1 Å². The summed E-state index contributed by atoms with van der Waals surface area (Å²) in [7, 11) is 1.79. The van der Waals surface area contributed by atoms with Gasteiger partial charge in [0.05, 0.1) is 6.61 Å². The van der Waals surface area contributed by atoms with E-state index in [-0.39, 0.29) is 0 Å². The van der Waals surface area contributed by atoms with E-state index in [0.717, 1.165) is 25.3 Å². The van der Waals surface area contributed by atoms with Gasteiger partial charge < -0.3 is 15.3 Å². The van der Waals surface area contributed by atoms with Gasteiger partial charge in [-0.3, -0.25) is 4.90 Å². The van der Waals surface area contributed by atoms with Crippen LogP contribution < -0.4 is 10.1 Å². The van der Waals surface area contributed by atoms with E-state index in [9.17, 15) is 0 Å². The molecule has 0 aliphatic carbocycles. The third-order valence-electron chi connectivity index (χ3n) is 4.58. The van der Waals surface area contributed by atoms with Crippen molar-refractivity contribution in [3.05, 3.63) is 35.7 Å². The highest BCUT2D eigenvalue weighted by atomic mass is 16.5. The van der Waals surface area contributed by atoms with Crippen molar-refractivity contribution in [1.29, 1.82) is 0 Å². The van der Waals surface area contributed by atoms with Crippen LogP contribution in [0, 0.1) is 0 Å². The second-order valence-corrected chi connectivity index (χ2v) is 6.77. The molecule has 8 nitrogen and oxygen atoms in total. The molecule has 0 amide bonds. The summed E-state index contributed by atoms with van der Waals surface area (Å²) < 4.78 is 7.51. The van der Waals surface area contributed by atoms with Gasteiger partial charge in [0.15, 0.2) is 5.82 Å². The van der Waals surface area contributed by atoms with Gasteiger partial charge >= 0.3 is 0 Å². The lowest BCUT2D eigenvalue weighted by molar-refractivity contribution is 0.220. The molecule has 2 N–H and O–H groups in total. The molecule has 146 valence electrons. The topological polar surface area (TPSA) is 87.8 Å². The van der Waals surface area contributed by atoms with Crippen molar-refractivity contribution >= 4 is 12.2 Å². The van der Waals surface area contributed by atoms with E-state index in [4.69, 9.17) is 9.94 Å². The smallest absolute Gasteiger partial charge is 0.221 e. The lowest BCUT2D eigenvalue weighted by Crippen LogP contribution is -2.29. The average molecular weight is 372 g/mol. The number of aromatic nitrogens is 3. The summed E-state index contributed by atoms with van der Waals surface area (Å²) in [5, 5.41) is 18.8. The molecule has 1 aromatic carbocycles. The Morgan fingerprint density at radius 1 is 1.30 bits per heavy atom. The molecule has 0 spiro atoms. The van der Waals surface area contributed by atoms with Gasteiger partial charge in [-0.15, -0.1) is 5.10 Å². The number of anilines is 1. The van der Waals surface area contributed by atoms with Gasteiger partial charge in [0.25, 0.3) is 0 Å². The first-order valence-electron chi connectivity index (χ1n) is 9.51. The van der Waals surface area contributed by atoms with Crippen molar-refractivity contribution < 1.29 is 9.94 Å². The van der Waals surface area contributed by atoms with Crippen molar-refractivity contribution in [1.82, 2.24) is 19.7 Å². The predicted molar refractivity (Wildman–Crippen MR) is 105 cm³/mol. The predicted octanol–water partition coefficient (Wildman–Crippen LogP) is 2.49. The van der Waals surface area contributed by atoms with Crippen LogP contribution in [0.2, 0.25) is 0 Å². The molecule has 0 radical (unpaired) electrons. The van der Waals surface area contributed by atoms with Gasteiger partial charge in [-0.05, 0) is 50.0 Å². The molecular formula is C19H28N6O2. The maximum absolute atomic E-state index is 8.53. The molecule has 0 unspecified atom stereocenters. The minimum atomic E-state index is 0.365. The van der Waals surface area contributed by atoms with Crippen molar-refractivity contribution in [2.75, 3.05) is 31.6 Å². The van der Waals surface area contributed by atoms with Crippen molar-refractivity contribution in [3.63, 3.8) is 0 Å². The zero-order valence-corrected chi connectivity index (χ0v) is 15.8. The molecule has 0 saturated carbocycles. The van der Waals surface area contributed by atoms with E-state index in [1.54, 1.807) is 11.7 Å². The Hall–Kier alpha value is -2.61. The van der Waals surface area contributed by atoms with E-state index in [0.29, 0.717) is 18.4 Å². The van der Waals surface area contributed by atoms with Crippen LogP contribution in [0.15, 0.2) is 29.4 Å². The van der Waals surface area contributed by atoms with Gasteiger partial charge in [0.1, 0.15) is 12.0 Å². The zero-order valence-electron chi connectivity index (χ0n) is 15.8. The molecule has 3 rings (SSSR count). The summed E-state index contributed by atoms with van der Waals surface area (Å²) >= 11 is 0. The third kappa shape index (κ3) is 5.96. The summed E-state index contributed by atoms with van der Waals surface area (Å²) in [5.74, 6) is 1.92. The minimum absolute atomic E-state index is 0.365. The Bertz CT molecular complexity index is 740. The van der Waals surface area contributed by atoms with Gasteiger partial charge in [-0.2, -0.15) is 4.98 Å². The number of aryl methyl sites for hydroxylation is 1. The normalized spacial score (nSPS) is 15.3. The van der Waals surface area contributed by atoms with E-state index in [2.05, 4.69) is 43.7 Å². The van der Waals surface area contributed by atoms with Crippen LogP contribution in [0.5, 0.6) is 5.75 Å². The zero-order chi connectivity index (χ0) is 18.9. The van der Waals surface area contributed by atoms with Gasteiger partial charge in [-0.1, -0.05) is 23.7 Å².